The Labute approximate surface area is 322 Å². The fourth-order valence-electron chi connectivity index (χ4n) is 5.14. The second-order valence-electron chi connectivity index (χ2n) is 13.2. The molecule has 13 N–H and O–H groups in total. The molecule has 1 heterocycles. The first kappa shape index (κ1) is 46.2. The lowest BCUT2D eigenvalue weighted by Gasteiger charge is -2.29. The number of carbonyl (C=O) groups excluding carboxylic acids is 6. The minimum Gasteiger partial charge on any atom is -0.481 e. The quantitative estimate of drug-likeness (QED) is 0.0519. The lowest BCUT2D eigenvalue weighted by atomic mass is 9.96. The summed E-state index contributed by atoms with van der Waals surface area (Å²) in [5, 5.41) is 52.4. The first-order valence-electron chi connectivity index (χ1n) is 17.7. The number of hydrogen-bond donors (Lipinski definition) is 12. The predicted molar refractivity (Wildman–Crippen MR) is 196 cm³/mol. The van der Waals surface area contributed by atoms with E-state index in [1.165, 1.54) is 19.4 Å². The van der Waals surface area contributed by atoms with Crippen molar-refractivity contribution in [1.82, 2.24) is 41.9 Å². The molecule has 0 aliphatic carbocycles. The summed E-state index contributed by atoms with van der Waals surface area (Å²) in [5.74, 6) is -9.27. The molecule has 0 radical (unpaired) electrons. The Balaban J connectivity index is 2.44. The Bertz CT molecular complexity index is 1660. The summed E-state index contributed by atoms with van der Waals surface area (Å²) in [5.41, 5.74) is 6.49. The highest BCUT2D eigenvalue weighted by atomic mass is 16.4. The number of H-pyrrole nitrogens is 1. The molecule has 0 unspecified atom stereocenters. The molecule has 2 aromatic rings. The number of aromatic nitrogens is 2. The van der Waals surface area contributed by atoms with Crippen LogP contribution in [0.15, 0.2) is 42.9 Å². The number of imidazole rings is 1. The summed E-state index contributed by atoms with van der Waals surface area (Å²) >= 11 is 0. The highest BCUT2D eigenvalue weighted by molar-refractivity contribution is 5.98. The van der Waals surface area contributed by atoms with Crippen LogP contribution in [-0.2, 0) is 51.2 Å². The van der Waals surface area contributed by atoms with Crippen LogP contribution in [0.2, 0.25) is 0 Å². The van der Waals surface area contributed by atoms with Crippen molar-refractivity contribution in [2.75, 3.05) is 6.61 Å². The third kappa shape index (κ3) is 14.7. The number of hydrogen-bond acceptors (Lipinski definition) is 12. The van der Waals surface area contributed by atoms with Gasteiger partial charge in [0.2, 0.25) is 35.4 Å². The van der Waals surface area contributed by atoms with E-state index in [9.17, 15) is 58.8 Å². The highest BCUT2D eigenvalue weighted by Gasteiger charge is 2.36. The van der Waals surface area contributed by atoms with Crippen LogP contribution >= 0.6 is 0 Å². The van der Waals surface area contributed by atoms with E-state index in [4.69, 9.17) is 5.73 Å². The number of rotatable bonds is 23. The van der Waals surface area contributed by atoms with Gasteiger partial charge in [-0.25, -0.2) is 4.98 Å². The van der Waals surface area contributed by atoms with Crippen molar-refractivity contribution in [1.29, 1.82) is 0 Å². The lowest BCUT2D eigenvalue weighted by Crippen LogP contribution is -2.62. The monoisotopic (exact) mass is 789 g/mol. The van der Waals surface area contributed by atoms with Crippen LogP contribution in [-0.4, -0.2) is 133 Å². The van der Waals surface area contributed by atoms with Gasteiger partial charge in [-0.15, -0.1) is 0 Å². The van der Waals surface area contributed by atoms with Crippen LogP contribution in [0.25, 0.3) is 0 Å². The Morgan fingerprint density at radius 2 is 1.27 bits per heavy atom. The SMILES string of the molecule is CC[C@H](C)[C@H](NC(=O)[C@H](Cc1ccccc1)NC(=O)[C@H](Cc1cnc[nH]1)NC(=O)[C@@H](NC(=O)[C@@H](N)CO)[C@@H](C)O)C(=O)N[C@@H](CC(=O)O)C(=O)N[C@@H](C)C(=O)O. The summed E-state index contributed by atoms with van der Waals surface area (Å²) < 4.78 is 0. The molecule has 9 atom stereocenters. The van der Waals surface area contributed by atoms with Crippen molar-refractivity contribution < 1.29 is 58.8 Å². The topological polar surface area (TPSA) is 344 Å². The van der Waals surface area contributed by atoms with Crippen LogP contribution in [0.4, 0.5) is 0 Å². The Kier molecular flexibility index (Phi) is 18.5. The van der Waals surface area contributed by atoms with Gasteiger partial charge in [-0.05, 0) is 25.3 Å². The van der Waals surface area contributed by atoms with E-state index < -0.39 is 115 Å². The first-order chi connectivity index (χ1) is 26.4. The third-order valence-corrected chi connectivity index (χ3v) is 8.66. The van der Waals surface area contributed by atoms with Gasteiger partial charge in [0, 0.05) is 24.7 Å². The van der Waals surface area contributed by atoms with Gasteiger partial charge < -0.3 is 63.0 Å². The number of aliphatic carboxylic acids is 2. The molecule has 0 aliphatic rings. The number of carbonyl (C=O) groups is 8. The minimum atomic E-state index is -1.72. The average molecular weight is 790 g/mol. The van der Waals surface area contributed by atoms with Crippen LogP contribution in [0.5, 0.6) is 0 Å². The minimum absolute atomic E-state index is 0.124. The van der Waals surface area contributed by atoms with Gasteiger partial charge in [-0.1, -0.05) is 50.6 Å². The molecule has 308 valence electrons. The molecule has 0 saturated heterocycles. The van der Waals surface area contributed by atoms with Crippen molar-refractivity contribution in [2.24, 2.45) is 11.7 Å². The maximum absolute atomic E-state index is 14.0. The summed E-state index contributed by atoms with van der Waals surface area (Å²) in [4.78, 5) is 110. The van der Waals surface area contributed by atoms with Gasteiger partial charge in [0.05, 0.1) is 25.5 Å². The number of carboxylic acids is 2. The van der Waals surface area contributed by atoms with Gasteiger partial charge in [0.15, 0.2) is 0 Å². The van der Waals surface area contributed by atoms with Gasteiger partial charge in [0.1, 0.15) is 42.3 Å². The molecule has 1 aromatic heterocycles. The Morgan fingerprint density at radius 3 is 1.80 bits per heavy atom. The number of benzene rings is 1. The van der Waals surface area contributed by atoms with Gasteiger partial charge in [-0.2, -0.15) is 0 Å². The molecule has 56 heavy (non-hydrogen) atoms. The molecule has 0 spiro atoms. The zero-order valence-corrected chi connectivity index (χ0v) is 31.4. The zero-order chi connectivity index (χ0) is 42.1. The van der Waals surface area contributed by atoms with Crippen molar-refractivity contribution in [2.45, 2.75) is 102 Å². The Morgan fingerprint density at radius 1 is 0.732 bits per heavy atom. The van der Waals surface area contributed by atoms with E-state index in [0.29, 0.717) is 17.7 Å². The summed E-state index contributed by atoms with van der Waals surface area (Å²) in [6, 6.07) is -1.94. The fourth-order valence-corrected chi connectivity index (χ4v) is 5.14. The number of nitrogens with two attached hydrogens (primary N) is 1. The van der Waals surface area contributed by atoms with Crippen molar-refractivity contribution in [3.63, 3.8) is 0 Å². The van der Waals surface area contributed by atoms with Crippen molar-refractivity contribution >= 4 is 47.4 Å². The summed E-state index contributed by atoms with van der Waals surface area (Å²) in [7, 11) is 0. The number of aliphatic hydroxyl groups excluding tert-OH is 2. The van der Waals surface area contributed by atoms with Crippen molar-refractivity contribution in [3.05, 3.63) is 54.1 Å². The van der Waals surface area contributed by atoms with Crippen molar-refractivity contribution in [3.8, 4) is 0 Å². The number of amides is 6. The maximum Gasteiger partial charge on any atom is 0.325 e. The van der Waals surface area contributed by atoms with E-state index in [1.54, 1.807) is 44.2 Å². The Hall–Kier alpha value is -5.93. The lowest BCUT2D eigenvalue weighted by molar-refractivity contribution is -0.143. The van der Waals surface area contributed by atoms with Crippen LogP contribution in [0.3, 0.4) is 0 Å². The second-order valence-corrected chi connectivity index (χ2v) is 13.2. The first-order valence-corrected chi connectivity index (χ1v) is 17.7. The molecule has 6 amide bonds. The van der Waals surface area contributed by atoms with Gasteiger partial charge in [-0.3, -0.25) is 38.4 Å². The van der Waals surface area contributed by atoms with E-state index >= 15 is 0 Å². The molecule has 2 rings (SSSR count). The van der Waals surface area contributed by atoms with E-state index in [2.05, 4.69) is 41.9 Å². The number of nitrogens with one attached hydrogen (secondary N) is 7. The standard InChI is InChI=1S/C35H51N9O12/c1-5-17(2)27(33(53)42-25(13-26(47)48)30(50)39-18(3)35(55)56)43-32(52)23(11-20-9-7-6-8-10-20)40-31(51)24(12-21-14-37-16-38-21)41-34(54)28(19(4)46)44-29(49)22(36)15-45/h6-10,14,16-19,22-25,27-28,45-46H,5,11-13,15,36H2,1-4H3,(H,37,38)(H,39,50)(H,40,51)(H,41,54)(H,42,53)(H,43,52)(H,44,49)(H,47,48)(H,55,56)/t17-,18-,19+,22-,23-,24-,25-,27-,28-/m0/s1. The molecule has 21 heteroatoms. The van der Waals surface area contributed by atoms with Crippen LogP contribution in [0, 0.1) is 5.92 Å². The highest BCUT2D eigenvalue weighted by Crippen LogP contribution is 2.12. The van der Waals surface area contributed by atoms with Crippen LogP contribution in [0.1, 0.15) is 51.8 Å². The second kappa shape index (κ2) is 22.4. The molecular weight excluding hydrogens is 738 g/mol. The molecule has 0 aliphatic heterocycles. The predicted octanol–water partition coefficient (Wildman–Crippen LogP) is -3.57. The average Bonchev–Trinajstić information content (AvgIpc) is 3.67. The largest absolute Gasteiger partial charge is 0.481 e. The van der Waals surface area contributed by atoms with E-state index in [-0.39, 0.29) is 12.8 Å². The number of nitrogens with zero attached hydrogens (tertiary/aromatic N) is 1. The van der Waals surface area contributed by atoms with Gasteiger partial charge >= 0.3 is 11.9 Å². The molecule has 0 saturated carbocycles. The number of carboxylic acid groups (broad SMARTS) is 2. The number of aliphatic hydroxyl groups is 2. The molecule has 0 fully saturated rings. The third-order valence-electron chi connectivity index (χ3n) is 8.66. The zero-order valence-electron chi connectivity index (χ0n) is 31.4. The van der Waals surface area contributed by atoms with E-state index in [1.807, 2.05) is 0 Å². The molecule has 21 nitrogen and oxygen atoms in total. The number of aromatic amines is 1. The smallest absolute Gasteiger partial charge is 0.325 e. The molecular formula is C35H51N9O12. The van der Waals surface area contributed by atoms with E-state index in [0.717, 1.165) is 6.92 Å². The summed E-state index contributed by atoms with van der Waals surface area (Å²) in [6.45, 7) is 4.91. The maximum atomic E-state index is 14.0. The molecule has 0 bridgehead atoms. The van der Waals surface area contributed by atoms with Crippen LogP contribution < -0.4 is 37.6 Å². The summed E-state index contributed by atoms with van der Waals surface area (Å²) in [6.07, 6.45) is 0.286. The normalized spacial score (nSPS) is 15.8. The fraction of sp³-hybridized carbons (Fsp3) is 0.514. The van der Waals surface area contributed by atoms with Gasteiger partial charge in [0.25, 0.3) is 0 Å². The molecule has 1 aromatic carbocycles.